The van der Waals surface area contributed by atoms with E-state index >= 15 is 0 Å². The molecule has 0 saturated carbocycles. The zero-order valence-electron chi connectivity index (χ0n) is 23.9. The maximum atomic E-state index is 13.4. The van der Waals surface area contributed by atoms with E-state index in [1.165, 1.54) is 0 Å². The summed E-state index contributed by atoms with van der Waals surface area (Å²) in [5.74, 6) is -1.61. The fourth-order valence-corrected chi connectivity index (χ4v) is 4.21. The average Bonchev–Trinajstić information content (AvgIpc) is 2.98. The number of ether oxygens (including phenoxy) is 2. The Labute approximate surface area is 244 Å². The Hall–Kier alpha value is -3.75. The fraction of sp³-hybridized carbons (Fsp3) is 0.424. The first kappa shape index (κ1) is 33.5. The molecule has 2 aromatic carbocycles. The van der Waals surface area contributed by atoms with Crippen LogP contribution in [-0.4, -0.2) is 60.2 Å². The van der Waals surface area contributed by atoms with E-state index < -0.39 is 12.0 Å². The number of aliphatic hydroxyl groups excluding tert-OH is 1. The van der Waals surface area contributed by atoms with Crippen LogP contribution < -0.4 is 5.32 Å². The molecule has 2 rings (SSSR count). The lowest BCUT2D eigenvalue weighted by molar-refractivity contribution is -0.146. The highest BCUT2D eigenvalue weighted by atomic mass is 16.5. The summed E-state index contributed by atoms with van der Waals surface area (Å²) in [6, 6.07) is 18.5. The number of amides is 2. The molecule has 0 bridgehead atoms. The fourth-order valence-electron chi connectivity index (χ4n) is 4.21. The number of hydrogen-bond acceptors (Lipinski definition) is 6. The molecule has 2 aromatic rings. The molecule has 41 heavy (non-hydrogen) atoms. The number of allylic oxidation sites excluding steroid dienone is 2. The Balaban J connectivity index is 2.02. The van der Waals surface area contributed by atoms with Crippen LogP contribution in [0.1, 0.15) is 49.7 Å². The van der Waals surface area contributed by atoms with Gasteiger partial charge in [0.1, 0.15) is 6.61 Å². The van der Waals surface area contributed by atoms with Crippen LogP contribution in [0.25, 0.3) is 0 Å². The molecular weight excluding hydrogens is 520 g/mol. The Morgan fingerprint density at radius 1 is 0.927 bits per heavy atom. The van der Waals surface area contributed by atoms with E-state index in [9.17, 15) is 19.5 Å². The first-order valence-corrected chi connectivity index (χ1v) is 14.2. The molecule has 0 aliphatic carbocycles. The van der Waals surface area contributed by atoms with Crippen LogP contribution in [-0.2, 0) is 37.0 Å². The summed E-state index contributed by atoms with van der Waals surface area (Å²) in [6.45, 7) is 8.18. The molecule has 0 aliphatic rings. The third-order valence-corrected chi connectivity index (χ3v) is 6.44. The van der Waals surface area contributed by atoms with E-state index in [1.807, 2.05) is 66.7 Å². The van der Waals surface area contributed by atoms with Crippen LogP contribution in [0.5, 0.6) is 0 Å². The highest BCUT2D eigenvalue weighted by Gasteiger charge is 2.26. The second-order valence-corrected chi connectivity index (χ2v) is 9.87. The number of rotatable bonds is 21. The van der Waals surface area contributed by atoms with Crippen molar-refractivity contribution in [2.24, 2.45) is 5.92 Å². The van der Waals surface area contributed by atoms with Gasteiger partial charge in [0.25, 0.3) is 0 Å². The third-order valence-electron chi connectivity index (χ3n) is 6.44. The summed E-state index contributed by atoms with van der Waals surface area (Å²) in [5, 5.41) is 12.5. The minimum absolute atomic E-state index is 0.0414. The first-order valence-electron chi connectivity index (χ1n) is 14.2. The molecule has 2 N–H and O–H groups in total. The Morgan fingerprint density at radius 2 is 1.61 bits per heavy atom. The number of aliphatic hydroxyl groups is 1. The molecule has 0 heterocycles. The molecule has 0 aromatic heterocycles. The zero-order valence-corrected chi connectivity index (χ0v) is 23.9. The van der Waals surface area contributed by atoms with Crippen molar-refractivity contribution in [3.05, 3.63) is 97.1 Å². The minimum Gasteiger partial charge on any atom is -0.463 e. The monoisotopic (exact) mass is 564 g/mol. The number of nitrogens with one attached hydrogen (secondary N) is 1. The van der Waals surface area contributed by atoms with Crippen LogP contribution in [0, 0.1) is 5.92 Å². The van der Waals surface area contributed by atoms with Gasteiger partial charge >= 0.3 is 5.97 Å². The van der Waals surface area contributed by atoms with Crippen molar-refractivity contribution in [2.45, 2.75) is 57.7 Å². The van der Waals surface area contributed by atoms with Gasteiger partial charge in [0.2, 0.25) is 11.8 Å². The van der Waals surface area contributed by atoms with E-state index in [-0.39, 0.29) is 63.4 Å². The molecule has 0 fully saturated rings. The van der Waals surface area contributed by atoms with Crippen molar-refractivity contribution >= 4 is 17.8 Å². The molecule has 0 saturated heterocycles. The number of carbonyl (C=O) groups is 3. The van der Waals surface area contributed by atoms with Crippen molar-refractivity contribution in [2.75, 3.05) is 26.4 Å². The van der Waals surface area contributed by atoms with Crippen molar-refractivity contribution < 1.29 is 29.0 Å². The van der Waals surface area contributed by atoms with Gasteiger partial charge in [-0.15, -0.1) is 13.2 Å². The van der Waals surface area contributed by atoms with Gasteiger partial charge in [0.15, 0.2) is 0 Å². The lowest BCUT2D eigenvalue weighted by Crippen LogP contribution is -2.46. The Bertz CT molecular complexity index is 1060. The lowest BCUT2D eigenvalue weighted by atomic mass is 9.98. The second kappa shape index (κ2) is 20.2. The number of carbonyl (C=O) groups excluding carboxylic acids is 3. The van der Waals surface area contributed by atoms with Crippen LogP contribution in [0.3, 0.4) is 0 Å². The van der Waals surface area contributed by atoms with Crippen LogP contribution in [0.15, 0.2) is 86.0 Å². The van der Waals surface area contributed by atoms with E-state index in [4.69, 9.17) is 9.47 Å². The van der Waals surface area contributed by atoms with Gasteiger partial charge in [-0.2, -0.15) is 0 Å². The maximum Gasteiger partial charge on any atom is 0.305 e. The van der Waals surface area contributed by atoms with Crippen LogP contribution >= 0.6 is 0 Å². The topological polar surface area (TPSA) is 105 Å². The molecule has 2 amide bonds. The lowest BCUT2D eigenvalue weighted by Gasteiger charge is -2.26. The first-order chi connectivity index (χ1) is 20.0. The largest absolute Gasteiger partial charge is 0.463 e. The van der Waals surface area contributed by atoms with E-state index in [0.29, 0.717) is 19.6 Å². The van der Waals surface area contributed by atoms with Crippen molar-refractivity contribution in [3.63, 3.8) is 0 Å². The van der Waals surface area contributed by atoms with Crippen molar-refractivity contribution in [1.82, 2.24) is 10.2 Å². The molecule has 8 heteroatoms. The molecular formula is C33H44N2O6. The summed E-state index contributed by atoms with van der Waals surface area (Å²) in [4.78, 5) is 40.4. The van der Waals surface area contributed by atoms with E-state index in [2.05, 4.69) is 18.5 Å². The van der Waals surface area contributed by atoms with Crippen molar-refractivity contribution in [3.8, 4) is 0 Å². The molecule has 2 unspecified atom stereocenters. The maximum absolute atomic E-state index is 13.4. The van der Waals surface area contributed by atoms with Gasteiger partial charge in [-0.3, -0.25) is 14.4 Å². The normalized spacial score (nSPS) is 12.1. The standard InChI is InChI=1S/C33H44N2O6/c1-3-5-6-13-19-32(38)41-26-30(25-40-24-28-17-11-8-12-18-28)34-33(39)29(14-4-2)22-31(37)35(20-21-36)23-27-15-9-7-10-16-27/h3-4,7-12,15-18,29-30,36H,1-2,5-6,13-14,19-26H2,(H,34,39). The summed E-state index contributed by atoms with van der Waals surface area (Å²) in [5.41, 5.74) is 1.91. The summed E-state index contributed by atoms with van der Waals surface area (Å²) in [6.07, 6.45) is 6.34. The van der Waals surface area contributed by atoms with Gasteiger partial charge in [-0.1, -0.05) is 72.8 Å². The highest BCUT2D eigenvalue weighted by Crippen LogP contribution is 2.15. The predicted molar refractivity (Wildman–Crippen MR) is 160 cm³/mol. The van der Waals surface area contributed by atoms with Crippen molar-refractivity contribution in [1.29, 1.82) is 0 Å². The van der Waals surface area contributed by atoms with E-state index in [0.717, 1.165) is 24.0 Å². The molecule has 0 radical (unpaired) electrons. The smallest absolute Gasteiger partial charge is 0.305 e. The summed E-state index contributed by atoms with van der Waals surface area (Å²) in [7, 11) is 0. The molecule has 222 valence electrons. The van der Waals surface area contributed by atoms with E-state index in [1.54, 1.807) is 11.0 Å². The molecule has 0 spiro atoms. The van der Waals surface area contributed by atoms with Gasteiger partial charge < -0.3 is 24.8 Å². The molecule has 8 nitrogen and oxygen atoms in total. The number of unbranched alkanes of at least 4 members (excludes halogenated alkanes) is 2. The Kier molecular flexibility index (Phi) is 16.5. The second-order valence-electron chi connectivity index (χ2n) is 9.87. The van der Waals surface area contributed by atoms with Gasteiger partial charge in [0, 0.05) is 25.9 Å². The quantitative estimate of drug-likeness (QED) is 0.131. The van der Waals surface area contributed by atoms with Crippen LogP contribution in [0.2, 0.25) is 0 Å². The number of hydrogen-bond donors (Lipinski definition) is 2. The number of nitrogens with zero attached hydrogens (tertiary/aromatic N) is 1. The predicted octanol–water partition coefficient (Wildman–Crippen LogP) is 4.58. The van der Waals surface area contributed by atoms with Gasteiger partial charge in [0.05, 0.1) is 31.8 Å². The highest BCUT2D eigenvalue weighted by molar-refractivity contribution is 5.86. The van der Waals surface area contributed by atoms with Gasteiger partial charge in [-0.05, 0) is 36.8 Å². The number of benzene rings is 2. The SMILES string of the molecule is C=CCCCCC(=O)OCC(COCc1ccccc1)NC(=O)C(CC=C)CC(=O)N(CCO)Cc1ccccc1. The molecule has 2 atom stereocenters. The third kappa shape index (κ3) is 13.9. The average molecular weight is 565 g/mol. The summed E-state index contributed by atoms with van der Waals surface area (Å²) < 4.78 is 11.3. The number of esters is 1. The van der Waals surface area contributed by atoms with Crippen LogP contribution in [0.4, 0.5) is 0 Å². The minimum atomic E-state index is -0.678. The van der Waals surface area contributed by atoms with Gasteiger partial charge in [-0.25, -0.2) is 0 Å². The Morgan fingerprint density at radius 3 is 2.24 bits per heavy atom. The summed E-state index contributed by atoms with van der Waals surface area (Å²) >= 11 is 0. The zero-order chi connectivity index (χ0) is 29.7. The molecule has 0 aliphatic heterocycles.